The molecule has 0 fully saturated rings. The first-order chi connectivity index (χ1) is 10.9. The molecule has 1 atom stereocenters. The van der Waals surface area contributed by atoms with Gasteiger partial charge in [0.1, 0.15) is 0 Å². The van der Waals surface area contributed by atoms with Crippen LogP contribution in [0.15, 0.2) is 0 Å². The van der Waals surface area contributed by atoms with Gasteiger partial charge in [-0.1, -0.05) is 76.5 Å². The van der Waals surface area contributed by atoms with Gasteiger partial charge in [0.15, 0.2) is 0 Å². The van der Waals surface area contributed by atoms with E-state index in [2.05, 4.69) is 12.2 Å². The second kappa shape index (κ2) is 13.4. The van der Waals surface area contributed by atoms with E-state index in [-0.39, 0.29) is 0 Å². The number of hydrogen-bond acceptors (Lipinski definition) is 4. The lowest BCUT2D eigenvalue weighted by atomic mass is 10.1. The molecule has 0 radical (unpaired) electrons. The molecule has 0 saturated heterocycles. The van der Waals surface area contributed by atoms with E-state index in [0.717, 1.165) is 18.6 Å². The number of aliphatic hydroxyl groups is 1. The summed E-state index contributed by atoms with van der Waals surface area (Å²) in [7, 11) is -6.01. The monoisotopic (exact) mass is 382 g/mol. The standard InChI is InChI=1S/C15H28O5P2S/c1-2-3-4-5-6-7-8-9-10-11-13-23-14-12-15(16,21-17)22(18,19)20/h16H,2-11,13H2,1H3,(H2,18,19,20). The van der Waals surface area contributed by atoms with Crippen LogP contribution < -0.4 is 0 Å². The van der Waals surface area contributed by atoms with Crippen molar-refractivity contribution in [3.63, 3.8) is 0 Å². The normalized spacial score (nSPS) is 14.3. The lowest BCUT2D eigenvalue weighted by Gasteiger charge is -2.14. The van der Waals surface area contributed by atoms with Crippen molar-refractivity contribution in [1.29, 1.82) is 0 Å². The second-order valence-corrected chi connectivity index (χ2v) is 9.35. The van der Waals surface area contributed by atoms with Gasteiger partial charge in [-0.05, 0) is 17.6 Å². The van der Waals surface area contributed by atoms with E-state index >= 15 is 0 Å². The topological polar surface area (TPSA) is 94.8 Å². The molecule has 1 unspecified atom stereocenters. The Kier molecular flexibility index (Phi) is 13.5. The van der Waals surface area contributed by atoms with Crippen LogP contribution in [0.2, 0.25) is 0 Å². The van der Waals surface area contributed by atoms with Crippen LogP contribution in [0.5, 0.6) is 0 Å². The van der Waals surface area contributed by atoms with Crippen molar-refractivity contribution in [1.82, 2.24) is 0 Å². The van der Waals surface area contributed by atoms with Crippen LogP contribution in [0.3, 0.4) is 0 Å². The summed E-state index contributed by atoms with van der Waals surface area (Å²) < 4.78 is 21.6. The summed E-state index contributed by atoms with van der Waals surface area (Å²) in [6.45, 7) is 2.22. The zero-order valence-corrected chi connectivity index (χ0v) is 16.3. The highest BCUT2D eigenvalue weighted by Gasteiger charge is 2.45. The maximum absolute atomic E-state index is 11.0. The molecule has 0 spiro atoms. The Morgan fingerprint density at radius 3 is 1.91 bits per heavy atom. The molecule has 0 bridgehead atoms. The molecule has 0 aliphatic heterocycles. The molecule has 0 rings (SSSR count). The van der Waals surface area contributed by atoms with E-state index in [0.29, 0.717) is 0 Å². The molecule has 8 heteroatoms. The molecule has 0 aliphatic rings. The summed E-state index contributed by atoms with van der Waals surface area (Å²) in [6, 6.07) is 0. The van der Waals surface area contributed by atoms with Crippen LogP contribution in [0.1, 0.15) is 71.1 Å². The van der Waals surface area contributed by atoms with Crippen molar-refractivity contribution in [3.05, 3.63) is 0 Å². The number of hydrogen-bond donors (Lipinski definition) is 3. The van der Waals surface area contributed by atoms with Crippen LogP contribution in [0, 0.1) is 11.2 Å². The van der Waals surface area contributed by atoms with E-state index in [4.69, 9.17) is 9.79 Å². The largest absolute Gasteiger partial charge is 0.381 e. The van der Waals surface area contributed by atoms with Crippen molar-refractivity contribution in [2.75, 3.05) is 5.75 Å². The van der Waals surface area contributed by atoms with Gasteiger partial charge < -0.3 is 14.9 Å². The highest BCUT2D eigenvalue weighted by atomic mass is 32.2. The van der Waals surface area contributed by atoms with Crippen molar-refractivity contribution in [3.8, 4) is 11.2 Å². The van der Waals surface area contributed by atoms with Gasteiger partial charge in [-0.25, -0.2) is 0 Å². The molecule has 23 heavy (non-hydrogen) atoms. The van der Waals surface area contributed by atoms with Gasteiger partial charge in [0.2, 0.25) is 8.46 Å². The molecule has 0 saturated carbocycles. The zero-order chi connectivity index (χ0) is 17.6. The lowest BCUT2D eigenvalue weighted by molar-refractivity contribution is 0.214. The molecule has 0 aliphatic carbocycles. The van der Waals surface area contributed by atoms with E-state index in [1.807, 2.05) is 5.92 Å². The molecule has 5 nitrogen and oxygen atoms in total. The molecule has 0 aromatic heterocycles. The summed E-state index contributed by atoms with van der Waals surface area (Å²) in [6.07, 6.45) is 12.4. The van der Waals surface area contributed by atoms with Gasteiger partial charge in [-0.15, -0.1) is 0 Å². The van der Waals surface area contributed by atoms with Gasteiger partial charge in [-0.2, -0.15) is 0 Å². The fourth-order valence-corrected chi connectivity index (χ4v) is 3.52. The highest BCUT2D eigenvalue weighted by molar-refractivity contribution is 8.03. The predicted molar refractivity (Wildman–Crippen MR) is 96.7 cm³/mol. The summed E-state index contributed by atoms with van der Waals surface area (Å²) in [5, 5.41) is 9.11. The SMILES string of the molecule is CCCCCCCCCCCCSC#CC(O)(P=O)P(=O)(O)O. The number of thioether (sulfide) groups is 1. The smallest absolute Gasteiger partial charge is 0.358 e. The summed E-state index contributed by atoms with van der Waals surface area (Å²) in [5.41, 5.74) is 0. The van der Waals surface area contributed by atoms with Crippen LogP contribution in [-0.2, 0) is 9.13 Å². The van der Waals surface area contributed by atoms with Crippen molar-refractivity contribution in [2.45, 2.75) is 76.2 Å². The minimum atomic E-state index is -4.93. The van der Waals surface area contributed by atoms with Gasteiger partial charge >= 0.3 is 12.7 Å². The first kappa shape index (κ1) is 23.1. The van der Waals surface area contributed by atoms with E-state index in [9.17, 15) is 14.2 Å². The summed E-state index contributed by atoms with van der Waals surface area (Å²) in [5.74, 6) is 2.73. The second-order valence-electron chi connectivity index (χ2n) is 5.53. The molecule has 0 aromatic carbocycles. The Morgan fingerprint density at radius 1 is 1.00 bits per heavy atom. The van der Waals surface area contributed by atoms with E-state index < -0.39 is 21.1 Å². The minimum absolute atomic E-state index is 0.733. The Bertz CT molecular complexity index is 429. The first-order valence-electron chi connectivity index (χ1n) is 8.14. The molecular formula is C15H28O5P2S. The average Bonchev–Trinajstić information content (AvgIpc) is 2.50. The highest BCUT2D eigenvalue weighted by Crippen LogP contribution is 2.54. The van der Waals surface area contributed by atoms with Gasteiger partial charge in [0.05, 0.1) is 0 Å². The van der Waals surface area contributed by atoms with Crippen molar-refractivity contribution in [2.24, 2.45) is 0 Å². The number of unbranched alkanes of at least 4 members (excludes halogenated alkanes) is 9. The quantitative estimate of drug-likeness (QED) is 0.242. The average molecular weight is 382 g/mol. The van der Waals surface area contributed by atoms with Gasteiger partial charge in [0.25, 0.3) is 0 Å². The molecule has 0 amide bonds. The Morgan fingerprint density at radius 2 is 1.48 bits per heavy atom. The first-order valence-corrected chi connectivity index (χ1v) is 11.5. The van der Waals surface area contributed by atoms with E-state index in [1.165, 1.54) is 63.1 Å². The van der Waals surface area contributed by atoms with Crippen LogP contribution >= 0.6 is 27.8 Å². The lowest BCUT2D eigenvalue weighted by Crippen LogP contribution is -2.17. The molecule has 134 valence electrons. The zero-order valence-electron chi connectivity index (χ0n) is 13.7. The maximum atomic E-state index is 11.0. The Balaban J connectivity index is 3.63. The fraction of sp³-hybridized carbons (Fsp3) is 0.867. The predicted octanol–water partition coefficient (Wildman–Crippen LogP) is 4.72. The fourth-order valence-electron chi connectivity index (χ4n) is 1.97. The third-order valence-corrected chi connectivity index (χ3v) is 6.48. The van der Waals surface area contributed by atoms with Crippen LogP contribution in [-0.4, -0.2) is 25.7 Å². The minimum Gasteiger partial charge on any atom is -0.358 e. The Hall–Kier alpha value is 0.120. The molecule has 0 aromatic rings. The molecular weight excluding hydrogens is 354 g/mol. The third-order valence-electron chi connectivity index (χ3n) is 3.42. The summed E-state index contributed by atoms with van der Waals surface area (Å²) in [4.78, 5) is 17.7. The van der Waals surface area contributed by atoms with Crippen LogP contribution in [0.4, 0.5) is 0 Å². The van der Waals surface area contributed by atoms with Crippen molar-refractivity contribution < 1.29 is 24.0 Å². The van der Waals surface area contributed by atoms with Crippen LogP contribution in [0.25, 0.3) is 0 Å². The van der Waals surface area contributed by atoms with Crippen molar-refractivity contribution >= 4 is 27.8 Å². The van der Waals surface area contributed by atoms with E-state index in [1.54, 1.807) is 0 Å². The molecule has 3 N–H and O–H groups in total. The summed E-state index contributed by atoms with van der Waals surface area (Å²) >= 11 is 1.18. The van der Waals surface area contributed by atoms with Gasteiger partial charge in [-0.3, -0.25) is 9.13 Å². The molecule has 0 heterocycles. The van der Waals surface area contributed by atoms with Gasteiger partial charge in [0, 0.05) is 5.75 Å². The number of rotatable bonds is 13. The third kappa shape index (κ3) is 11.3. The Labute approximate surface area is 145 Å². The maximum Gasteiger partial charge on any atom is 0.381 e.